The molecule has 3 aromatic rings. The normalized spacial score (nSPS) is 21.2. The van der Waals surface area contributed by atoms with E-state index in [2.05, 4.69) is 10.6 Å². The van der Waals surface area contributed by atoms with E-state index in [1.165, 1.54) is 67.7 Å². The number of benzene rings is 2. The molecule has 1 aromatic heterocycles. The Hall–Kier alpha value is -8.35. The van der Waals surface area contributed by atoms with Gasteiger partial charge in [0.1, 0.15) is 53.6 Å². The first kappa shape index (κ1) is 86.6. The van der Waals surface area contributed by atoms with E-state index >= 15 is 4.79 Å². The SMILES string of the molecule is CC[C@H](C)[C@@H]([C@@H](CC(=O)N1CCC[C@H]1[C@H](OC)[C@@H](C)C(=O)N[C@H](C)[C@@H](O)c1ccccc1)OC)N(C)C(=O)[C@@H](NC(=O)[C@H](C(C)C)N(C)C(=O)OC(C/C(N)=C/N(N)CCOCCOCCOCCN1C(=O)C=CC1=O)c1ccc(O[C@@H]2O[C@H](C(=O)O)[C@@H](O)[C@H](O)[C@H]2O)c2cc(CCC(=O)O)oc12)C(C)C. The van der Waals surface area contributed by atoms with Crippen molar-refractivity contribution in [3.05, 3.63) is 89.5 Å². The van der Waals surface area contributed by atoms with Crippen molar-refractivity contribution in [3.63, 3.8) is 0 Å². The number of imide groups is 1. The molecule has 33 nitrogen and oxygen atoms in total. The second-order valence-electron chi connectivity index (χ2n) is 27.6. The molecule has 106 heavy (non-hydrogen) atoms. The number of nitrogens with zero attached hydrogens (tertiary/aromatic N) is 5. The minimum atomic E-state index is -2.05. The van der Waals surface area contributed by atoms with Gasteiger partial charge in [-0.1, -0.05) is 85.2 Å². The average molecular weight is 1500 g/mol. The van der Waals surface area contributed by atoms with E-state index in [4.69, 9.17) is 53.9 Å². The molecular weight excluding hydrogens is 1390 g/mol. The molecule has 33 heteroatoms. The third-order valence-corrected chi connectivity index (χ3v) is 19.4. The number of carboxylic acid groups (broad SMARTS) is 2. The van der Waals surface area contributed by atoms with Gasteiger partial charge >= 0.3 is 18.0 Å². The summed E-state index contributed by atoms with van der Waals surface area (Å²) in [6.45, 7) is 15.7. The summed E-state index contributed by atoms with van der Waals surface area (Å²) in [5, 5.41) is 69.6. The van der Waals surface area contributed by atoms with Crippen molar-refractivity contribution in [2.45, 2.75) is 186 Å². The molecule has 2 aromatic carbocycles. The minimum Gasteiger partial charge on any atom is -0.481 e. The Balaban J connectivity index is 1.20. The number of likely N-dealkylation sites (N-methyl/N-ethyl adjacent to an activating group) is 2. The highest BCUT2D eigenvalue weighted by Gasteiger charge is 2.49. The number of aryl methyl sites for hydroxylation is 1. The highest BCUT2D eigenvalue weighted by atomic mass is 16.7. The average Bonchev–Trinajstić information content (AvgIpc) is 1.47. The molecule has 3 aliphatic rings. The number of carboxylic acids is 2. The zero-order valence-corrected chi connectivity index (χ0v) is 62.5. The van der Waals surface area contributed by atoms with Gasteiger partial charge in [0.05, 0.1) is 113 Å². The lowest BCUT2D eigenvalue weighted by Gasteiger charge is -2.41. The summed E-state index contributed by atoms with van der Waals surface area (Å²) in [7, 11) is 5.86. The first-order chi connectivity index (χ1) is 50.3. The number of hydrazine groups is 1. The van der Waals surface area contributed by atoms with Crippen LogP contribution in [-0.4, -0.2) is 269 Å². The van der Waals surface area contributed by atoms with Crippen LogP contribution in [0.4, 0.5) is 4.79 Å². The number of aliphatic carboxylic acids is 2. The monoisotopic (exact) mass is 1500 g/mol. The highest BCUT2D eigenvalue weighted by Crippen LogP contribution is 2.40. The van der Waals surface area contributed by atoms with Crippen LogP contribution >= 0.6 is 0 Å². The number of nitrogens with two attached hydrogens (primary N) is 2. The number of carbonyl (C=O) groups is 9. The summed E-state index contributed by atoms with van der Waals surface area (Å²) in [5.74, 6) is -1.45. The number of nitrogens with one attached hydrogen (secondary N) is 2. The number of aliphatic hydroxyl groups is 4. The molecule has 0 spiro atoms. The molecule has 7 amide bonds. The summed E-state index contributed by atoms with van der Waals surface area (Å²) in [4.78, 5) is 126. The second kappa shape index (κ2) is 41.1. The fraction of sp³-hybridized carbons (Fsp3) is 0.630. The standard InChI is InChI=1S/C73H109N9O24/c1-13-42(6)60(53(98-11)38-56(85)81-27-17-20-50(81)65(99-12)43(7)68(92)76-44(8)61(88)45-18-15-14-16-19-45)78(9)70(94)58(40(2)3)77-69(93)59(41(4)5)79(10)73(97)105-52(36-46(74)39-80(75)28-30-100-32-34-102-35-33-101-31-29-82-54(83)24-25-55(82)84)48-22-23-51(49-37-47(103-66(48)49)21-26-57(86)87)104-72-64(91)62(89)63(90)67(106-72)71(95)96/h14-16,18-19,22-25,37,39-44,50,52-53,58-65,67,72,88-91H,13,17,20-21,26-36,38,74-75H2,1-12H3,(H,76,92)(H,77,93)(H,86,87)(H,95,96)/b46-39-/t42-,43+,44+,50-,52?,53+,58-,59-,60-,61+,62-,63-,64+,65+,67-,72+/m0/s1. The van der Waals surface area contributed by atoms with Gasteiger partial charge in [0.15, 0.2) is 6.10 Å². The second-order valence-corrected chi connectivity index (χ2v) is 27.6. The predicted molar refractivity (Wildman–Crippen MR) is 381 cm³/mol. The van der Waals surface area contributed by atoms with Crippen LogP contribution < -0.4 is 26.9 Å². The van der Waals surface area contributed by atoms with Crippen molar-refractivity contribution in [3.8, 4) is 5.75 Å². The molecule has 0 radical (unpaired) electrons. The maximum absolute atomic E-state index is 15.1. The molecule has 12 N–H and O–H groups in total. The third-order valence-electron chi connectivity index (χ3n) is 19.4. The number of ether oxygens (including phenoxy) is 8. The number of furan rings is 1. The highest BCUT2D eigenvalue weighted by molar-refractivity contribution is 6.12. The van der Waals surface area contributed by atoms with E-state index in [0.717, 1.165) is 9.80 Å². The summed E-state index contributed by atoms with van der Waals surface area (Å²) in [6.07, 6.45) is -10.7. The Bertz CT molecular complexity index is 3470. The number of rotatable bonds is 43. The molecule has 16 atom stereocenters. The number of aliphatic hydroxyl groups excluding tert-OH is 4. The van der Waals surface area contributed by atoms with Crippen molar-refractivity contribution >= 4 is 64.4 Å². The van der Waals surface area contributed by atoms with E-state index < -0.39 is 151 Å². The first-order valence-electron chi connectivity index (χ1n) is 35.8. The van der Waals surface area contributed by atoms with Gasteiger partial charge in [0, 0.05) is 77.3 Å². The number of likely N-dealkylation sites (tertiary alicyclic amines) is 1. The lowest BCUT2D eigenvalue weighted by atomic mass is 9.89. The number of amides is 7. The maximum Gasteiger partial charge on any atom is 0.410 e. The molecule has 590 valence electrons. The third kappa shape index (κ3) is 23.1. The molecule has 6 rings (SSSR count). The van der Waals surface area contributed by atoms with Crippen LogP contribution in [0.5, 0.6) is 5.75 Å². The van der Waals surface area contributed by atoms with Crippen LogP contribution in [0.25, 0.3) is 11.0 Å². The van der Waals surface area contributed by atoms with Crippen LogP contribution in [0.1, 0.15) is 123 Å². The molecule has 3 aliphatic heterocycles. The van der Waals surface area contributed by atoms with Gasteiger partial charge in [0.2, 0.25) is 29.9 Å². The van der Waals surface area contributed by atoms with Crippen molar-refractivity contribution < 1.29 is 116 Å². The largest absolute Gasteiger partial charge is 0.481 e. The van der Waals surface area contributed by atoms with E-state index in [1.807, 2.05) is 19.9 Å². The molecule has 0 bridgehead atoms. The number of carbonyl (C=O) groups excluding carboxylic acids is 7. The predicted octanol–water partition coefficient (Wildman–Crippen LogP) is 2.50. The van der Waals surface area contributed by atoms with Gasteiger partial charge in [-0.05, 0) is 61.3 Å². The first-order valence-corrected chi connectivity index (χ1v) is 35.8. The van der Waals surface area contributed by atoms with Crippen LogP contribution in [0, 0.1) is 23.7 Å². The molecule has 0 aliphatic carbocycles. The minimum absolute atomic E-state index is 0.0216. The summed E-state index contributed by atoms with van der Waals surface area (Å²) >= 11 is 0. The van der Waals surface area contributed by atoms with Crippen LogP contribution in [0.15, 0.2) is 77.0 Å². The molecule has 2 fully saturated rings. The number of hydrogen-bond donors (Lipinski definition) is 10. The Labute approximate surface area is 617 Å². The van der Waals surface area contributed by atoms with Crippen LogP contribution in [-0.2, 0) is 77.9 Å². The van der Waals surface area contributed by atoms with Crippen LogP contribution in [0.3, 0.4) is 0 Å². The van der Waals surface area contributed by atoms with Gasteiger partial charge in [0.25, 0.3) is 11.8 Å². The van der Waals surface area contributed by atoms with Crippen molar-refractivity contribution in [2.75, 3.05) is 87.6 Å². The van der Waals surface area contributed by atoms with Gasteiger partial charge in [-0.25, -0.2) is 15.4 Å². The van der Waals surface area contributed by atoms with Crippen LogP contribution in [0.2, 0.25) is 0 Å². The van der Waals surface area contributed by atoms with Crippen molar-refractivity contribution in [1.82, 2.24) is 35.2 Å². The lowest BCUT2D eigenvalue weighted by Crippen LogP contribution is -2.61. The Morgan fingerprint density at radius 3 is 2.02 bits per heavy atom. The number of methoxy groups -OCH3 is 2. The van der Waals surface area contributed by atoms with Gasteiger partial charge in [-0.3, -0.25) is 43.4 Å². The molecule has 1 unspecified atom stereocenters. The molecular formula is C73H109N9O24. The lowest BCUT2D eigenvalue weighted by molar-refractivity contribution is -0.270. The zero-order valence-electron chi connectivity index (χ0n) is 62.5. The fourth-order valence-corrected chi connectivity index (χ4v) is 13.3. The molecule has 0 saturated carbocycles. The Kier molecular flexibility index (Phi) is 33.6. The Morgan fingerprint density at radius 1 is 0.783 bits per heavy atom. The van der Waals surface area contributed by atoms with E-state index in [1.54, 1.807) is 77.8 Å². The van der Waals surface area contributed by atoms with E-state index in [0.29, 0.717) is 31.4 Å². The van der Waals surface area contributed by atoms with Gasteiger partial charge in [-0.2, -0.15) is 0 Å². The molecule has 4 heterocycles. The zero-order chi connectivity index (χ0) is 78.4. The van der Waals surface area contributed by atoms with Gasteiger partial charge < -0.3 is 104 Å². The summed E-state index contributed by atoms with van der Waals surface area (Å²) in [5.41, 5.74) is 7.37. The number of fused-ring (bicyclic) bond motifs is 1. The topological polar surface area (TPSA) is 454 Å². The van der Waals surface area contributed by atoms with Gasteiger partial charge in [-0.15, -0.1) is 0 Å². The maximum atomic E-state index is 15.1. The van der Waals surface area contributed by atoms with E-state index in [9.17, 15) is 69.0 Å². The van der Waals surface area contributed by atoms with Crippen molar-refractivity contribution in [2.24, 2.45) is 35.2 Å². The number of hydrogen-bond acceptors (Lipinski definition) is 25. The quantitative estimate of drug-likeness (QED) is 0.0168. The molecule has 2 saturated heterocycles. The smallest absolute Gasteiger partial charge is 0.410 e. The fourth-order valence-electron chi connectivity index (χ4n) is 13.3. The van der Waals surface area contributed by atoms with E-state index in [-0.39, 0.29) is 123 Å². The Morgan fingerprint density at radius 2 is 1.42 bits per heavy atom. The summed E-state index contributed by atoms with van der Waals surface area (Å²) in [6, 6.07) is 8.69. The summed E-state index contributed by atoms with van der Waals surface area (Å²) < 4.78 is 52.9. The van der Waals surface area contributed by atoms with Crippen molar-refractivity contribution in [1.29, 1.82) is 0 Å².